The second-order valence-corrected chi connectivity index (χ2v) is 6.95. The zero-order valence-corrected chi connectivity index (χ0v) is 16.0. The lowest BCUT2D eigenvalue weighted by Crippen LogP contribution is -2.44. The van der Waals surface area contributed by atoms with Gasteiger partial charge in [-0.05, 0) is 42.7 Å². The lowest BCUT2D eigenvalue weighted by atomic mass is 10.1. The van der Waals surface area contributed by atoms with Crippen LogP contribution in [0, 0.1) is 0 Å². The minimum atomic E-state index is -0.608. The average molecular weight is 372 g/mol. The van der Waals surface area contributed by atoms with Gasteiger partial charge in [-0.2, -0.15) is 11.8 Å². The van der Waals surface area contributed by atoms with Crippen LogP contribution in [0.2, 0.25) is 0 Å². The van der Waals surface area contributed by atoms with E-state index in [-0.39, 0.29) is 11.8 Å². The molecule has 1 aromatic carbocycles. The second kappa shape index (κ2) is 9.82. The number of hydrogen-bond acceptors (Lipinski definition) is 5. The first kappa shape index (κ1) is 19.8. The zero-order chi connectivity index (χ0) is 18.9. The molecule has 0 spiro atoms. The molecule has 1 heterocycles. The molecule has 0 unspecified atom stereocenters. The van der Waals surface area contributed by atoms with Crippen molar-refractivity contribution in [2.75, 3.05) is 36.3 Å². The summed E-state index contributed by atoms with van der Waals surface area (Å²) in [6.07, 6.45) is 4.13. The standard InChI is InChI=1S/C19H24N4O2S/c1-23(2)17-10-9-15(13-20-17)21-19(25)16(11-12-26-3)22-18(24)14-7-5-4-6-8-14/h4-10,13,16H,11-12H2,1-3H3,(H,21,25)(H,22,24)/t16-/m1/s1. The third-order valence-corrected chi connectivity index (χ3v) is 4.39. The number of thioether (sulfide) groups is 1. The van der Waals surface area contributed by atoms with Crippen molar-refractivity contribution in [2.24, 2.45) is 0 Å². The van der Waals surface area contributed by atoms with Crippen LogP contribution in [0.25, 0.3) is 0 Å². The normalized spacial score (nSPS) is 11.5. The Bertz CT molecular complexity index is 720. The maximum Gasteiger partial charge on any atom is 0.251 e. The highest BCUT2D eigenvalue weighted by atomic mass is 32.2. The van der Waals surface area contributed by atoms with E-state index in [4.69, 9.17) is 0 Å². The summed E-state index contributed by atoms with van der Waals surface area (Å²) in [7, 11) is 3.80. The SMILES string of the molecule is CSCC[C@@H](NC(=O)c1ccccc1)C(=O)Nc1ccc(N(C)C)nc1. The quantitative estimate of drug-likeness (QED) is 0.745. The van der Waals surface area contributed by atoms with Crippen LogP contribution in [-0.4, -0.2) is 48.9 Å². The number of carbonyl (C=O) groups is 2. The zero-order valence-electron chi connectivity index (χ0n) is 15.2. The number of nitrogens with one attached hydrogen (secondary N) is 2. The number of rotatable bonds is 8. The van der Waals surface area contributed by atoms with Crippen molar-refractivity contribution < 1.29 is 9.59 Å². The van der Waals surface area contributed by atoms with E-state index < -0.39 is 6.04 Å². The van der Waals surface area contributed by atoms with Gasteiger partial charge in [0.15, 0.2) is 0 Å². The third kappa shape index (κ3) is 5.77. The topological polar surface area (TPSA) is 74.3 Å². The van der Waals surface area contributed by atoms with Crippen LogP contribution in [0.5, 0.6) is 0 Å². The largest absolute Gasteiger partial charge is 0.363 e. The Hall–Kier alpha value is -2.54. The van der Waals surface area contributed by atoms with Gasteiger partial charge in [-0.1, -0.05) is 18.2 Å². The molecular weight excluding hydrogens is 348 g/mol. The van der Waals surface area contributed by atoms with E-state index in [0.29, 0.717) is 17.7 Å². The summed E-state index contributed by atoms with van der Waals surface area (Å²) in [6, 6.07) is 11.9. The second-order valence-electron chi connectivity index (χ2n) is 5.96. The molecule has 0 saturated heterocycles. The molecule has 2 N–H and O–H groups in total. The highest BCUT2D eigenvalue weighted by molar-refractivity contribution is 7.98. The van der Waals surface area contributed by atoms with E-state index in [2.05, 4.69) is 15.6 Å². The molecule has 1 aromatic heterocycles. The molecule has 0 fully saturated rings. The Morgan fingerprint density at radius 3 is 2.46 bits per heavy atom. The van der Waals surface area contributed by atoms with Gasteiger partial charge in [0.25, 0.3) is 5.91 Å². The van der Waals surface area contributed by atoms with Crippen LogP contribution in [-0.2, 0) is 4.79 Å². The predicted molar refractivity (Wildman–Crippen MR) is 108 cm³/mol. The number of amides is 2. The molecule has 0 aliphatic heterocycles. The maximum absolute atomic E-state index is 12.6. The van der Waals surface area contributed by atoms with Gasteiger partial charge in [0, 0.05) is 19.7 Å². The highest BCUT2D eigenvalue weighted by Crippen LogP contribution is 2.13. The highest BCUT2D eigenvalue weighted by Gasteiger charge is 2.21. The molecule has 0 bridgehead atoms. The monoisotopic (exact) mass is 372 g/mol. The first-order valence-electron chi connectivity index (χ1n) is 8.30. The molecule has 2 aromatic rings. The summed E-state index contributed by atoms with van der Waals surface area (Å²) < 4.78 is 0. The van der Waals surface area contributed by atoms with E-state index in [1.807, 2.05) is 37.4 Å². The average Bonchev–Trinajstić information content (AvgIpc) is 2.66. The van der Waals surface area contributed by atoms with Crippen LogP contribution in [0.15, 0.2) is 48.7 Å². The van der Waals surface area contributed by atoms with Crippen molar-refractivity contribution in [1.29, 1.82) is 0 Å². The summed E-state index contributed by atoms with van der Waals surface area (Å²) in [5, 5.41) is 5.65. The summed E-state index contributed by atoms with van der Waals surface area (Å²) in [5.41, 5.74) is 1.13. The molecular formula is C19H24N4O2S. The Balaban J connectivity index is 2.04. The predicted octanol–water partition coefficient (Wildman–Crippen LogP) is 2.64. The molecule has 138 valence electrons. The van der Waals surface area contributed by atoms with Gasteiger partial charge in [-0.3, -0.25) is 9.59 Å². The van der Waals surface area contributed by atoms with Crippen LogP contribution < -0.4 is 15.5 Å². The fourth-order valence-electron chi connectivity index (χ4n) is 2.29. The van der Waals surface area contributed by atoms with Crippen molar-refractivity contribution in [2.45, 2.75) is 12.5 Å². The molecule has 0 aliphatic carbocycles. The van der Waals surface area contributed by atoms with Gasteiger partial charge < -0.3 is 15.5 Å². The van der Waals surface area contributed by atoms with E-state index in [0.717, 1.165) is 11.6 Å². The summed E-state index contributed by atoms with van der Waals surface area (Å²) in [5.74, 6) is 1.07. The molecule has 2 amide bonds. The van der Waals surface area contributed by atoms with Gasteiger partial charge in [-0.25, -0.2) is 4.98 Å². The summed E-state index contributed by atoms with van der Waals surface area (Å²) >= 11 is 1.63. The van der Waals surface area contributed by atoms with Gasteiger partial charge in [-0.15, -0.1) is 0 Å². The number of carbonyl (C=O) groups excluding carboxylic acids is 2. The van der Waals surface area contributed by atoms with Crippen molar-refractivity contribution >= 4 is 35.1 Å². The van der Waals surface area contributed by atoms with Crippen LogP contribution in [0.1, 0.15) is 16.8 Å². The number of pyridine rings is 1. The fraction of sp³-hybridized carbons (Fsp3) is 0.316. The molecule has 0 radical (unpaired) electrons. The number of nitrogens with zero attached hydrogens (tertiary/aromatic N) is 2. The Labute approximate surface area is 158 Å². The number of aromatic nitrogens is 1. The lowest BCUT2D eigenvalue weighted by molar-refractivity contribution is -0.118. The molecule has 6 nitrogen and oxygen atoms in total. The Kier molecular flexibility index (Phi) is 7.47. The Morgan fingerprint density at radius 2 is 1.88 bits per heavy atom. The maximum atomic E-state index is 12.6. The number of anilines is 2. The molecule has 26 heavy (non-hydrogen) atoms. The van der Waals surface area contributed by atoms with Gasteiger partial charge in [0.05, 0.1) is 11.9 Å². The van der Waals surface area contributed by atoms with Crippen molar-refractivity contribution in [3.05, 3.63) is 54.2 Å². The van der Waals surface area contributed by atoms with E-state index in [1.54, 1.807) is 48.3 Å². The van der Waals surface area contributed by atoms with Crippen LogP contribution >= 0.6 is 11.8 Å². The van der Waals surface area contributed by atoms with Crippen molar-refractivity contribution in [1.82, 2.24) is 10.3 Å². The smallest absolute Gasteiger partial charge is 0.251 e. The van der Waals surface area contributed by atoms with Crippen LogP contribution in [0.3, 0.4) is 0 Å². The summed E-state index contributed by atoms with van der Waals surface area (Å²) in [6.45, 7) is 0. The van der Waals surface area contributed by atoms with E-state index >= 15 is 0 Å². The van der Waals surface area contributed by atoms with Crippen molar-refractivity contribution in [3.63, 3.8) is 0 Å². The number of hydrogen-bond donors (Lipinski definition) is 2. The van der Waals surface area contributed by atoms with Gasteiger partial charge in [0.2, 0.25) is 5.91 Å². The minimum absolute atomic E-state index is 0.247. The molecule has 1 atom stereocenters. The minimum Gasteiger partial charge on any atom is -0.363 e. The Morgan fingerprint density at radius 1 is 1.15 bits per heavy atom. The number of benzene rings is 1. The van der Waals surface area contributed by atoms with Crippen molar-refractivity contribution in [3.8, 4) is 0 Å². The van der Waals surface area contributed by atoms with Gasteiger partial charge in [0.1, 0.15) is 11.9 Å². The van der Waals surface area contributed by atoms with Gasteiger partial charge >= 0.3 is 0 Å². The first-order valence-corrected chi connectivity index (χ1v) is 9.69. The molecule has 7 heteroatoms. The molecule has 0 saturated carbocycles. The van der Waals surface area contributed by atoms with E-state index in [9.17, 15) is 9.59 Å². The summed E-state index contributed by atoms with van der Waals surface area (Å²) in [4.78, 5) is 31.2. The lowest BCUT2D eigenvalue weighted by Gasteiger charge is -2.18. The third-order valence-electron chi connectivity index (χ3n) is 3.74. The fourth-order valence-corrected chi connectivity index (χ4v) is 2.76. The molecule has 2 rings (SSSR count). The molecule has 0 aliphatic rings. The first-order chi connectivity index (χ1) is 12.5. The van der Waals surface area contributed by atoms with Crippen LogP contribution in [0.4, 0.5) is 11.5 Å². The van der Waals surface area contributed by atoms with E-state index in [1.165, 1.54) is 0 Å².